The van der Waals surface area contributed by atoms with Gasteiger partial charge in [0.25, 0.3) is 5.92 Å². The van der Waals surface area contributed by atoms with Gasteiger partial charge in [-0.15, -0.1) is 0 Å². The van der Waals surface area contributed by atoms with Gasteiger partial charge in [0.15, 0.2) is 0 Å². The molecule has 0 nitrogen and oxygen atoms in total. The molecule has 0 aromatic rings. The lowest BCUT2D eigenvalue weighted by Crippen LogP contribution is -2.30. The molecule has 1 aliphatic rings. The first-order valence-electron chi connectivity index (χ1n) is 2.76. The highest BCUT2D eigenvalue weighted by atomic mass is 32.2. The first-order valence-corrected chi connectivity index (χ1v) is 3.74. The van der Waals surface area contributed by atoms with Crippen LogP contribution in [-0.4, -0.2) is 16.9 Å². The van der Waals surface area contributed by atoms with Crippen LogP contribution in [0.25, 0.3) is 0 Å². The van der Waals surface area contributed by atoms with Gasteiger partial charge in [-0.1, -0.05) is 11.8 Å². The highest BCUT2D eigenvalue weighted by Gasteiger charge is 2.59. The molecule has 1 aliphatic heterocycles. The third-order valence-electron chi connectivity index (χ3n) is 1.59. The summed E-state index contributed by atoms with van der Waals surface area (Å²) in [6, 6.07) is 0. The van der Waals surface area contributed by atoms with Crippen molar-refractivity contribution in [1.82, 2.24) is 0 Å². The maximum absolute atomic E-state index is 12.3. The van der Waals surface area contributed by atoms with Crippen LogP contribution in [0.1, 0.15) is 6.92 Å². The molecule has 0 aromatic heterocycles. The van der Waals surface area contributed by atoms with Crippen LogP contribution in [0, 0.1) is 5.92 Å². The Morgan fingerprint density at radius 1 is 1.30 bits per heavy atom. The van der Waals surface area contributed by atoms with E-state index in [4.69, 9.17) is 0 Å². The molecule has 1 heterocycles. The molecule has 10 heavy (non-hydrogen) atoms. The van der Waals surface area contributed by atoms with Gasteiger partial charge in [0.05, 0.1) is 11.7 Å². The van der Waals surface area contributed by atoms with E-state index in [9.17, 15) is 17.6 Å². The predicted molar refractivity (Wildman–Crippen MR) is 31.5 cm³/mol. The summed E-state index contributed by atoms with van der Waals surface area (Å²) < 4.78 is 49.3. The molecule has 1 unspecified atom stereocenters. The molecule has 0 aliphatic carbocycles. The third-order valence-corrected chi connectivity index (χ3v) is 2.86. The van der Waals surface area contributed by atoms with Crippen LogP contribution in [0.5, 0.6) is 0 Å². The molecule has 1 saturated heterocycles. The first-order chi connectivity index (χ1) is 4.36. The summed E-state index contributed by atoms with van der Waals surface area (Å²) >= 11 is 0.0312. The van der Waals surface area contributed by atoms with Crippen LogP contribution in [0.4, 0.5) is 17.6 Å². The predicted octanol–water partition coefficient (Wildman–Crippen LogP) is 2.60. The standard InChI is InChI=1S/C5H6F4S/c1-3-4(6,7)2-10-5(3,8)9/h3H,2H2,1H3. The van der Waals surface area contributed by atoms with Crippen molar-refractivity contribution < 1.29 is 17.6 Å². The monoisotopic (exact) mass is 174 g/mol. The van der Waals surface area contributed by atoms with Gasteiger partial charge in [0.2, 0.25) is 0 Å². The Kier molecular flexibility index (Phi) is 1.66. The molecule has 0 aromatic carbocycles. The van der Waals surface area contributed by atoms with Gasteiger partial charge < -0.3 is 0 Å². The van der Waals surface area contributed by atoms with E-state index in [1.165, 1.54) is 0 Å². The van der Waals surface area contributed by atoms with Gasteiger partial charge in [-0.25, -0.2) is 8.78 Å². The highest BCUT2D eigenvalue weighted by Crippen LogP contribution is 2.52. The average Bonchev–Trinajstić information content (AvgIpc) is 1.95. The molecule has 0 saturated carbocycles. The molecule has 1 rings (SSSR count). The number of hydrogen-bond donors (Lipinski definition) is 0. The van der Waals surface area contributed by atoms with Crippen molar-refractivity contribution in [1.29, 1.82) is 0 Å². The zero-order valence-electron chi connectivity index (χ0n) is 5.20. The molecule has 0 radical (unpaired) electrons. The third kappa shape index (κ3) is 1.11. The first kappa shape index (κ1) is 8.17. The van der Waals surface area contributed by atoms with E-state index in [1.807, 2.05) is 0 Å². The lowest BCUT2D eigenvalue weighted by atomic mass is 10.1. The Hall–Kier alpha value is 0.0700. The van der Waals surface area contributed by atoms with E-state index in [1.54, 1.807) is 0 Å². The summed E-state index contributed by atoms with van der Waals surface area (Å²) in [7, 11) is 0. The second-order valence-electron chi connectivity index (χ2n) is 2.33. The molecular weight excluding hydrogens is 168 g/mol. The Balaban J connectivity index is 2.77. The summed E-state index contributed by atoms with van der Waals surface area (Å²) in [6.45, 7) is 0.875. The smallest absolute Gasteiger partial charge is 0.205 e. The van der Waals surface area contributed by atoms with Crippen LogP contribution in [0.2, 0.25) is 0 Å². The fourth-order valence-electron chi connectivity index (χ4n) is 0.688. The largest absolute Gasteiger partial charge is 0.302 e. The minimum absolute atomic E-state index is 0.0312. The lowest BCUT2D eigenvalue weighted by molar-refractivity contribution is -0.0896. The van der Waals surface area contributed by atoms with Crippen molar-refractivity contribution in [2.45, 2.75) is 18.1 Å². The van der Waals surface area contributed by atoms with Gasteiger partial charge in [0, 0.05) is 0 Å². The van der Waals surface area contributed by atoms with E-state index in [0.29, 0.717) is 0 Å². The fourth-order valence-corrected chi connectivity index (χ4v) is 1.75. The average molecular weight is 174 g/mol. The fraction of sp³-hybridized carbons (Fsp3) is 1.00. The lowest BCUT2D eigenvalue weighted by Gasteiger charge is -2.17. The molecule has 60 valence electrons. The number of hydrogen-bond acceptors (Lipinski definition) is 1. The SMILES string of the molecule is CC1C(F)(F)CSC1(F)F. The van der Waals surface area contributed by atoms with Gasteiger partial charge >= 0.3 is 5.25 Å². The maximum Gasteiger partial charge on any atom is 0.302 e. The minimum atomic E-state index is -3.25. The normalized spacial score (nSPS) is 36.3. The number of alkyl halides is 4. The van der Waals surface area contributed by atoms with Gasteiger partial charge in [-0.3, -0.25) is 0 Å². The molecule has 0 N–H and O–H groups in total. The minimum Gasteiger partial charge on any atom is -0.205 e. The Bertz CT molecular complexity index is 129. The molecule has 0 bridgehead atoms. The van der Waals surface area contributed by atoms with E-state index >= 15 is 0 Å². The number of halogens is 4. The molecule has 0 amide bonds. The zero-order chi connectivity index (χ0) is 7.99. The van der Waals surface area contributed by atoms with Crippen LogP contribution in [-0.2, 0) is 0 Å². The molecule has 5 heteroatoms. The highest BCUT2D eigenvalue weighted by molar-refractivity contribution is 8.00. The zero-order valence-corrected chi connectivity index (χ0v) is 6.02. The van der Waals surface area contributed by atoms with E-state index in [0.717, 1.165) is 6.92 Å². The second kappa shape index (κ2) is 2.03. The molecule has 1 fully saturated rings. The molecule has 1 atom stereocenters. The Morgan fingerprint density at radius 3 is 1.90 bits per heavy atom. The second-order valence-corrected chi connectivity index (χ2v) is 3.45. The van der Waals surface area contributed by atoms with Crippen LogP contribution in [0.3, 0.4) is 0 Å². The Morgan fingerprint density at radius 2 is 1.80 bits per heavy atom. The van der Waals surface area contributed by atoms with Gasteiger partial charge in [0.1, 0.15) is 0 Å². The summed E-state index contributed by atoms with van der Waals surface area (Å²) in [4.78, 5) is 0. The van der Waals surface area contributed by atoms with E-state index < -0.39 is 22.8 Å². The summed E-state index contributed by atoms with van der Waals surface area (Å²) in [6.07, 6.45) is 0. The molecule has 0 spiro atoms. The van der Waals surface area contributed by atoms with Crippen molar-refractivity contribution >= 4 is 11.8 Å². The maximum atomic E-state index is 12.3. The van der Waals surface area contributed by atoms with Crippen molar-refractivity contribution in [2.75, 3.05) is 5.75 Å². The van der Waals surface area contributed by atoms with Gasteiger partial charge in [-0.2, -0.15) is 8.78 Å². The van der Waals surface area contributed by atoms with Crippen molar-refractivity contribution in [3.05, 3.63) is 0 Å². The van der Waals surface area contributed by atoms with E-state index in [-0.39, 0.29) is 11.8 Å². The topological polar surface area (TPSA) is 0 Å². The summed E-state index contributed by atoms with van der Waals surface area (Å²) in [5.41, 5.74) is 0. The van der Waals surface area contributed by atoms with Gasteiger partial charge in [-0.05, 0) is 6.92 Å². The number of rotatable bonds is 0. The molecular formula is C5H6F4S. The summed E-state index contributed by atoms with van der Waals surface area (Å²) in [5.74, 6) is -5.79. The van der Waals surface area contributed by atoms with Crippen LogP contribution < -0.4 is 0 Å². The van der Waals surface area contributed by atoms with Crippen LogP contribution >= 0.6 is 11.8 Å². The quantitative estimate of drug-likeness (QED) is 0.508. The Labute approximate surface area is 60.0 Å². The van der Waals surface area contributed by atoms with Crippen molar-refractivity contribution in [2.24, 2.45) is 5.92 Å². The summed E-state index contributed by atoms with van der Waals surface area (Å²) in [5, 5.41) is -3.25. The van der Waals surface area contributed by atoms with Crippen LogP contribution in [0.15, 0.2) is 0 Å². The van der Waals surface area contributed by atoms with Crippen molar-refractivity contribution in [3.63, 3.8) is 0 Å². The van der Waals surface area contributed by atoms with Crippen molar-refractivity contribution in [3.8, 4) is 0 Å². The number of thioether (sulfide) groups is 1. The van der Waals surface area contributed by atoms with E-state index in [2.05, 4.69) is 0 Å².